The summed E-state index contributed by atoms with van der Waals surface area (Å²) in [4.78, 5) is 5.38. The highest BCUT2D eigenvalue weighted by molar-refractivity contribution is 7.26. The first-order valence-electron chi connectivity index (χ1n) is 16.7. The fraction of sp³-hybridized carbons (Fsp3) is 0. The average molecular weight is 640 g/mol. The zero-order valence-electron chi connectivity index (χ0n) is 26.2. The van der Waals surface area contributed by atoms with Gasteiger partial charge in [0.1, 0.15) is 5.65 Å². The van der Waals surface area contributed by atoms with E-state index in [1.54, 1.807) is 0 Å². The highest BCUT2D eigenvalue weighted by atomic mass is 32.1. The molecule has 0 atom stereocenters. The van der Waals surface area contributed by atoms with E-state index in [0.717, 1.165) is 22.4 Å². The number of para-hydroxylation sites is 3. The quantitative estimate of drug-likeness (QED) is 0.164. The molecule has 4 heterocycles. The van der Waals surface area contributed by atoms with Gasteiger partial charge in [0.25, 0.3) is 0 Å². The summed E-state index contributed by atoms with van der Waals surface area (Å²) in [5.74, 6) is 0. The summed E-state index contributed by atoms with van der Waals surface area (Å²) in [6.07, 6.45) is 0. The molecule has 0 aliphatic rings. The summed E-state index contributed by atoms with van der Waals surface area (Å²) >= 11 is 1.88. The van der Waals surface area contributed by atoms with Crippen molar-refractivity contribution in [2.75, 3.05) is 0 Å². The van der Waals surface area contributed by atoms with E-state index in [4.69, 9.17) is 4.98 Å². The molecule has 0 spiro atoms. The summed E-state index contributed by atoms with van der Waals surface area (Å²) in [6, 6.07) is 55.5. The number of aromatic nitrogens is 3. The maximum Gasteiger partial charge on any atom is 0.147 e. The van der Waals surface area contributed by atoms with Gasteiger partial charge in [-0.05, 0) is 74.8 Å². The number of hydrogen-bond donors (Lipinski definition) is 0. The molecule has 0 bridgehead atoms. The fourth-order valence-electron chi connectivity index (χ4n) is 8.65. The van der Waals surface area contributed by atoms with Crippen LogP contribution in [0.3, 0.4) is 0 Å². The predicted molar refractivity (Wildman–Crippen MR) is 210 cm³/mol. The first-order valence-corrected chi connectivity index (χ1v) is 17.5. The van der Waals surface area contributed by atoms with Crippen molar-refractivity contribution >= 4 is 113 Å². The van der Waals surface area contributed by atoms with E-state index in [9.17, 15) is 0 Å². The average Bonchev–Trinajstić information content (AvgIpc) is 3.84. The van der Waals surface area contributed by atoms with Crippen LogP contribution in [-0.2, 0) is 0 Å². The second kappa shape index (κ2) is 9.22. The van der Waals surface area contributed by atoms with Crippen molar-refractivity contribution in [3.63, 3.8) is 0 Å². The highest BCUT2D eigenvalue weighted by Gasteiger charge is 2.23. The van der Waals surface area contributed by atoms with E-state index in [2.05, 4.69) is 161 Å². The van der Waals surface area contributed by atoms with Gasteiger partial charge < -0.3 is 4.57 Å². The van der Waals surface area contributed by atoms with Gasteiger partial charge >= 0.3 is 0 Å². The standard InChI is InChI=1S/C45H25N3S/c1-2-13-29-27(11-1)28-12-3-4-14-30(28)35-25-26(21-22-31(29)35)47-37-18-8-5-15-32(37)41-39(47)24-23-34-42(41)45-46-36-17-7-9-19-38(36)48(45)43-33-16-6-10-20-40(33)49-44(34)43/h1-25H. The molecular weight excluding hydrogens is 615 g/mol. The molecule has 4 aromatic heterocycles. The van der Waals surface area contributed by atoms with Crippen LogP contribution in [0.4, 0.5) is 0 Å². The van der Waals surface area contributed by atoms with E-state index in [-0.39, 0.29) is 0 Å². The molecule has 0 fully saturated rings. The smallest absolute Gasteiger partial charge is 0.147 e. The minimum atomic E-state index is 1.01. The van der Waals surface area contributed by atoms with Crippen molar-refractivity contribution < 1.29 is 0 Å². The lowest BCUT2D eigenvalue weighted by Crippen LogP contribution is -1.95. The molecule has 226 valence electrons. The number of hydrogen-bond acceptors (Lipinski definition) is 2. The minimum Gasteiger partial charge on any atom is -0.309 e. The number of rotatable bonds is 1. The molecule has 3 nitrogen and oxygen atoms in total. The summed E-state index contributed by atoms with van der Waals surface area (Å²) in [5.41, 5.74) is 7.95. The molecule has 4 heteroatoms. The highest BCUT2D eigenvalue weighted by Crippen LogP contribution is 2.46. The van der Waals surface area contributed by atoms with Gasteiger partial charge in [0, 0.05) is 37.3 Å². The summed E-state index contributed by atoms with van der Waals surface area (Å²) in [6.45, 7) is 0. The van der Waals surface area contributed by atoms with Crippen LogP contribution < -0.4 is 0 Å². The van der Waals surface area contributed by atoms with Crippen LogP contribution in [0, 0.1) is 0 Å². The Morgan fingerprint density at radius 3 is 1.80 bits per heavy atom. The monoisotopic (exact) mass is 639 g/mol. The SMILES string of the molecule is c1ccc2c(c1)nc1c3c(ccc4c3c3ccccc3n4-c3ccc4c5ccccc5c5ccccc5c4c3)c3sc4ccccc4c3n21. The Kier molecular flexibility index (Phi) is 4.86. The van der Waals surface area contributed by atoms with Crippen LogP contribution in [0.1, 0.15) is 0 Å². The second-order valence-electron chi connectivity index (χ2n) is 13.1. The molecule has 0 unspecified atom stereocenters. The molecule has 0 saturated heterocycles. The van der Waals surface area contributed by atoms with Crippen molar-refractivity contribution in [2.24, 2.45) is 0 Å². The second-order valence-corrected chi connectivity index (χ2v) is 14.1. The molecule has 0 N–H and O–H groups in total. The zero-order valence-corrected chi connectivity index (χ0v) is 27.0. The third-order valence-corrected chi connectivity index (χ3v) is 11.8. The number of imidazole rings is 1. The van der Waals surface area contributed by atoms with E-state index in [1.807, 2.05) is 11.3 Å². The van der Waals surface area contributed by atoms with Crippen molar-refractivity contribution in [2.45, 2.75) is 0 Å². The van der Waals surface area contributed by atoms with Gasteiger partial charge in [0.05, 0.1) is 32.3 Å². The van der Waals surface area contributed by atoms with Crippen LogP contribution >= 0.6 is 11.3 Å². The zero-order chi connectivity index (χ0) is 31.8. The predicted octanol–water partition coefficient (Wildman–Crippen LogP) is 12.6. The minimum absolute atomic E-state index is 1.01. The third kappa shape index (κ3) is 3.24. The molecule has 12 aromatic rings. The van der Waals surface area contributed by atoms with Gasteiger partial charge in [-0.15, -0.1) is 11.3 Å². The Bertz CT molecular complexity index is 3360. The summed E-state index contributed by atoms with van der Waals surface area (Å²) < 4.78 is 7.48. The first-order chi connectivity index (χ1) is 24.3. The van der Waals surface area contributed by atoms with Crippen LogP contribution in [0.2, 0.25) is 0 Å². The lowest BCUT2D eigenvalue weighted by atomic mass is 9.94. The van der Waals surface area contributed by atoms with Crippen LogP contribution in [0.5, 0.6) is 0 Å². The molecule has 0 saturated carbocycles. The molecule has 12 rings (SSSR count). The molecule has 0 amide bonds. The van der Waals surface area contributed by atoms with Gasteiger partial charge in [-0.25, -0.2) is 4.98 Å². The van der Waals surface area contributed by atoms with Crippen molar-refractivity contribution in [1.82, 2.24) is 14.0 Å². The van der Waals surface area contributed by atoms with Gasteiger partial charge in [-0.1, -0.05) is 109 Å². The lowest BCUT2D eigenvalue weighted by Gasteiger charge is -2.14. The van der Waals surface area contributed by atoms with Crippen molar-refractivity contribution in [3.8, 4) is 5.69 Å². The Morgan fingerprint density at radius 2 is 1.02 bits per heavy atom. The number of pyridine rings is 1. The Hall–Kier alpha value is -6.23. The van der Waals surface area contributed by atoms with Gasteiger partial charge in [-0.3, -0.25) is 4.40 Å². The molecule has 49 heavy (non-hydrogen) atoms. The largest absolute Gasteiger partial charge is 0.309 e. The Morgan fingerprint density at radius 1 is 0.429 bits per heavy atom. The maximum atomic E-state index is 5.38. The van der Waals surface area contributed by atoms with Crippen LogP contribution in [0.15, 0.2) is 152 Å². The normalized spacial score (nSPS) is 12.5. The van der Waals surface area contributed by atoms with Crippen molar-refractivity contribution in [1.29, 1.82) is 0 Å². The first kappa shape index (κ1) is 25.8. The number of thiophene rings is 1. The maximum absolute atomic E-state index is 5.38. The van der Waals surface area contributed by atoms with E-state index >= 15 is 0 Å². The third-order valence-electron chi connectivity index (χ3n) is 10.6. The summed E-state index contributed by atoms with van der Waals surface area (Å²) in [7, 11) is 0. The number of fused-ring (bicyclic) bond motifs is 20. The van der Waals surface area contributed by atoms with E-state index in [0.29, 0.717) is 0 Å². The Labute approximate surface area is 283 Å². The van der Waals surface area contributed by atoms with Gasteiger partial charge in [0.15, 0.2) is 0 Å². The summed E-state index contributed by atoms with van der Waals surface area (Å²) in [5, 5.41) is 13.9. The topological polar surface area (TPSA) is 22.2 Å². The van der Waals surface area contributed by atoms with Gasteiger partial charge in [-0.2, -0.15) is 0 Å². The van der Waals surface area contributed by atoms with Crippen LogP contribution in [0.25, 0.3) is 108 Å². The van der Waals surface area contributed by atoms with E-state index < -0.39 is 0 Å². The number of benzene rings is 8. The molecular formula is C45H25N3S. The molecule has 0 aliphatic heterocycles. The van der Waals surface area contributed by atoms with Crippen molar-refractivity contribution in [3.05, 3.63) is 152 Å². The van der Waals surface area contributed by atoms with E-state index in [1.165, 1.54) is 85.2 Å². The van der Waals surface area contributed by atoms with Crippen LogP contribution in [-0.4, -0.2) is 14.0 Å². The van der Waals surface area contributed by atoms with Gasteiger partial charge in [0.2, 0.25) is 0 Å². The Balaban J connectivity index is 1.28. The molecule has 0 radical (unpaired) electrons. The molecule has 8 aromatic carbocycles. The molecule has 0 aliphatic carbocycles. The number of nitrogens with zero attached hydrogens (tertiary/aromatic N) is 3. The lowest BCUT2D eigenvalue weighted by molar-refractivity contribution is 1.19. The fourth-order valence-corrected chi connectivity index (χ4v) is 9.87.